The normalized spacial score (nSPS) is 20.1. The minimum absolute atomic E-state index is 0.155. The lowest BCUT2D eigenvalue weighted by Crippen LogP contribution is -2.12. The summed E-state index contributed by atoms with van der Waals surface area (Å²) in [5.41, 5.74) is 5.30. The van der Waals surface area contributed by atoms with Crippen molar-refractivity contribution in [3.63, 3.8) is 0 Å². The number of hydrogen-bond acceptors (Lipinski definition) is 4. The summed E-state index contributed by atoms with van der Waals surface area (Å²) >= 11 is 3.42. The standard InChI is InChI=1S/C17H12BrN3O2/c1-23-21-15-11-4-2-3-5-12(11)19-16(15)14-10-7-6-9(18)8-13(10)20-17(14)22/h2-8,19H,1H3,(H,20,22)/b16-14-,21-15-. The quantitative estimate of drug-likeness (QED) is 0.596. The zero-order valence-electron chi connectivity index (χ0n) is 12.2. The average molecular weight is 370 g/mol. The highest BCUT2D eigenvalue weighted by atomic mass is 79.9. The van der Waals surface area contributed by atoms with Crippen LogP contribution in [0.15, 0.2) is 57.8 Å². The Balaban J connectivity index is 1.95. The van der Waals surface area contributed by atoms with Crippen molar-refractivity contribution >= 4 is 44.5 Å². The van der Waals surface area contributed by atoms with Crippen LogP contribution in [0.2, 0.25) is 0 Å². The molecule has 0 atom stereocenters. The van der Waals surface area contributed by atoms with Crippen LogP contribution in [0.3, 0.4) is 0 Å². The molecule has 0 radical (unpaired) electrons. The number of benzene rings is 2. The molecule has 0 aromatic heterocycles. The fourth-order valence-electron chi connectivity index (χ4n) is 2.89. The number of carbonyl (C=O) groups is 1. The molecule has 2 aliphatic heterocycles. The number of carbonyl (C=O) groups excluding carboxylic acids is 1. The van der Waals surface area contributed by atoms with E-state index in [1.54, 1.807) is 0 Å². The third-order valence-electron chi connectivity index (χ3n) is 3.84. The predicted molar refractivity (Wildman–Crippen MR) is 93.3 cm³/mol. The van der Waals surface area contributed by atoms with Gasteiger partial charge in [0, 0.05) is 21.3 Å². The molecule has 6 heteroatoms. The number of rotatable bonds is 1. The van der Waals surface area contributed by atoms with Gasteiger partial charge in [0.25, 0.3) is 5.91 Å². The molecule has 0 saturated heterocycles. The molecule has 0 fully saturated rings. The lowest BCUT2D eigenvalue weighted by molar-refractivity contribution is -0.110. The van der Waals surface area contributed by atoms with E-state index in [9.17, 15) is 4.79 Å². The lowest BCUT2D eigenvalue weighted by atomic mass is 10.0. The van der Waals surface area contributed by atoms with Gasteiger partial charge in [0.15, 0.2) is 0 Å². The van der Waals surface area contributed by atoms with E-state index in [2.05, 4.69) is 31.7 Å². The monoisotopic (exact) mass is 369 g/mol. The largest absolute Gasteiger partial charge is 0.399 e. The Morgan fingerprint density at radius 1 is 1.04 bits per heavy atom. The Hall–Kier alpha value is -2.60. The highest BCUT2D eigenvalue weighted by molar-refractivity contribution is 9.10. The summed E-state index contributed by atoms with van der Waals surface area (Å²) in [6.45, 7) is 0. The summed E-state index contributed by atoms with van der Waals surface area (Å²) in [6, 6.07) is 13.5. The average Bonchev–Trinajstić information content (AvgIpc) is 3.04. The van der Waals surface area contributed by atoms with Crippen LogP contribution >= 0.6 is 15.9 Å². The number of halogens is 1. The van der Waals surface area contributed by atoms with Crippen LogP contribution in [-0.4, -0.2) is 18.7 Å². The molecule has 5 nitrogen and oxygen atoms in total. The summed E-state index contributed by atoms with van der Waals surface area (Å²) in [4.78, 5) is 17.5. The number of nitrogens with one attached hydrogen (secondary N) is 2. The molecule has 23 heavy (non-hydrogen) atoms. The van der Waals surface area contributed by atoms with E-state index in [0.29, 0.717) is 17.0 Å². The van der Waals surface area contributed by atoms with Gasteiger partial charge in [-0.25, -0.2) is 0 Å². The van der Waals surface area contributed by atoms with Gasteiger partial charge in [0.05, 0.1) is 17.0 Å². The molecule has 2 aromatic rings. The van der Waals surface area contributed by atoms with Gasteiger partial charge < -0.3 is 15.5 Å². The first-order chi connectivity index (χ1) is 11.2. The molecule has 4 rings (SSSR count). The van der Waals surface area contributed by atoms with Crippen molar-refractivity contribution in [3.8, 4) is 0 Å². The molecule has 0 spiro atoms. The van der Waals surface area contributed by atoms with Gasteiger partial charge in [-0.2, -0.15) is 0 Å². The smallest absolute Gasteiger partial charge is 0.258 e. The number of fused-ring (bicyclic) bond motifs is 2. The van der Waals surface area contributed by atoms with Gasteiger partial charge in [-0.05, 0) is 18.2 Å². The summed E-state index contributed by atoms with van der Waals surface area (Å²) < 4.78 is 0.913. The summed E-state index contributed by atoms with van der Waals surface area (Å²) in [7, 11) is 1.50. The van der Waals surface area contributed by atoms with Crippen molar-refractivity contribution in [2.75, 3.05) is 17.7 Å². The van der Waals surface area contributed by atoms with Crippen molar-refractivity contribution in [2.45, 2.75) is 0 Å². The van der Waals surface area contributed by atoms with Gasteiger partial charge in [0.1, 0.15) is 12.8 Å². The maximum absolute atomic E-state index is 12.5. The number of allylic oxidation sites excluding steroid dienone is 1. The van der Waals surface area contributed by atoms with E-state index in [1.807, 2.05) is 42.5 Å². The van der Waals surface area contributed by atoms with Crippen molar-refractivity contribution in [1.29, 1.82) is 0 Å². The van der Waals surface area contributed by atoms with E-state index >= 15 is 0 Å². The highest BCUT2D eigenvalue weighted by Crippen LogP contribution is 2.39. The van der Waals surface area contributed by atoms with Crippen molar-refractivity contribution in [3.05, 3.63) is 63.8 Å². The summed E-state index contributed by atoms with van der Waals surface area (Å²) in [6.07, 6.45) is 0. The van der Waals surface area contributed by atoms with Crippen LogP contribution in [0.4, 0.5) is 11.4 Å². The zero-order chi connectivity index (χ0) is 16.0. The van der Waals surface area contributed by atoms with Gasteiger partial charge in [-0.3, -0.25) is 4.79 Å². The van der Waals surface area contributed by atoms with Crippen LogP contribution in [0.1, 0.15) is 11.1 Å². The molecular formula is C17H12BrN3O2. The van der Waals surface area contributed by atoms with Crippen LogP contribution in [0.25, 0.3) is 5.57 Å². The van der Waals surface area contributed by atoms with Gasteiger partial charge in [-0.1, -0.05) is 45.4 Å². The molecule has 1 amide bonds. The fraction of sp³-hybridized carbons (Fsp3) is 0.0588. The number of amides is 1. The fourth-order valence-corrected chi connectivity index (χ4v) is 3.25. The summed E-state index contributed by atoms with van der Waals surface area (Å²) in [5.74, 6) is -0.155. The van der Waals surface area contributed by atoms with Gasteiger partial charge in [-0.15, -0.1) is 0 Å². The van der Waals surface area contributed by atoms with Crippen LogP contribution in [0, 0.1) is 0 Å². The first-order valence-electron chi connectivity index (χ1n) is 7.02. The molecule has 2 aromatic carbocycles. The second kappa shape index (κ2) is 5.24. The first kappa shape index (κ1) is 14.0. The van der Waals surface area contributed by atoms with Crippen LogP contribution in [-0.2, 0) is 9.63 Å². The van der Waals surface area contributed by atoms with E-state index in [1.165, 1.54) is 7.11 Å². The molecular weight excluding hydrogens is 358 g/mol. The SMILES string of the molecule is CO/N=C1\C(=C2\C(=O)Nc3cc(Br)ccc32)Nc2ccccc21. The third-order valence-corrected chi connectivity index (χ3v) is 4.33. The highest BCUT2D eigenvalue weighted by Gasteiger charge is 2.34. The maximum atomic E-state index is 12.5. The Morgan fingerprint density at radius 2 is 1.87 bits per heavy atom. The molecule has 0 bridgehead atoms. The van der Waals surface area contributed by atoms with Gasteiger partial charge in [0.2, 0.25) is 0 Å². The Morgan fingerprint density at radius 3 is 2.70 bits per heavy atom. The number of anilines is 2. The van der Waals surface area contributed by atoms with Crippen molar-refractivity contribution in [1.82, 2.24) is 0 Å². The topological polar surface area (TPSA) is 62.7 Å². The molecule has 0 saturated carbocycles. The number of hydrogen-bond donors (Lipinski definition) is 2. The van der Waals surface area contributed by atoms with Crippen molar-refractivity contribution in [2.24, 2.45) is 5.16 Å². The number of nitrogens with zero attached hydrogens (tertiary/aromatic N) is 1. The maximum Gasteiger partial charge on any atom is 0.258 e. The molecule has 114 valence electrons. The Bertz CT molecular complexity index is 902. The van der Waals surface area contributed by atoms with Crippen molar-refractivity contribution < 1.29 is 9.63 Å². The Labute approximate surface area is 141 Å². The van der Waals surface area contributed by atoms with E-state index < -0.39 is 0 Å². The van der Waals surface area contributed by atoms with E-state index in [4.69, 9.17) is 4.84 Å². The number of para-hydroxylation sites is 1. The minimum atomic E-state index is -0.155. The second-order valence-corrected chi connectivity index (χ2v) is 6.10. The molecule has 0 aliphatic carbocycles. The molecule has 2 aliphatic rings. The first-order valence-corrected chi connectivity index (χ1v) is 7.82. The minimum Gasteiger partial charge on any atom is -0.399 e. The van der Waals surface area contributed by atoms with E-state index in [-0.39, 0.29) is 5.91 Å². The predicted octanol–water partition coefficient (Wildman–Crippen LogP) is 3.59. The molecule has 2 heterocycles. The molecule has 2 N–H and O–H groups in total. The van der Waals surface area contributed by atoms with Crippen LogP contribution in [0.5, 0.6) is 0 Å². The number of oxime groups is 1. The van der Waals surface area contributed by atoms with Crippen LogP contribution < -0.4 is 10.6 Å². The third kappa shape index (κ3) is 2.14. The van der Waals surface area contributed by atoms with Gasteiger partial charge >= 0.3 is 0 Å². The second-order valence-electron chi connectivity index (χ2n) is 5.19. The van der Waals surface area contributed by atoms with E-state index in [0.717, 1.165) is 27.0 Å². The molecule has 0 unspecified atom stereocenters. The summed E-state index contributed by atoms with van der Waals surface area (Å²) in [5, 5.41) is 10.3. The Kier molecular flexibility index (Phi) is 3.20. The zero-order valence-corrected chi connectivity index (χ0v) is 13.8. The lowest BCUT2D eigenvalue weighted by Gasteiger charge is -2.06.